The fourth-order valence-corrected chi connectivity index (χ4v) is 4.86. The molecule has 1 heterocycles. The van der Waals surface area contributed by atoms with Crippen LogP contribution < -0.4 is 13.7 Å². The number of ether oxygens (including phenoxy) is 2. The minimum atomic E-state index is -4.71. The van der Waals surface area contributed by atoms with Gasteiger partial charge in [0.2, 0.25) is 0 Å². The molecule has 0 unspecified atom stereocenters. The Morgan fingerprint density at radius 3 is 2.10 bits per heavy atom. The zero-order valence-electron chi connectivity index (χ0n) is 21.3. The van der Waals surface area contributed by atoms with Crippen molar-refractivity contribution in [2.24, 2.45) is 0 Å². The molecule has 4 rings (SSSR count). The van der Waals surface area contributed by atoms with E-state index in [1.54, 1.807) is 42.5 Å². The third kappa shape index (κ3) is 6.57. The number of halogens is 3. The average Bonchev–Trinajstić information content (AvgIpc) is 3.45. The smallest absolute Gasteiger partial charge is 0.416 e. The number of benzene rings is 3. The van der Waals surface area contributed by atoms with Gasteiger partial charge in [-0.25, -0.2) is 0 Å². The highest BCUT2D eigenvalue weighted by Gasteiger charge is 2.32. The van der Waals surface area contributed by atoms with Crippen LogP contribution >= 0.6 is 0 Å². The molecule has 0 saturated heterocycles. The van der Waals surface area contributed by atoms with Crippen LogP contribution in [0.3, 0.4) is 0 Å². The van der Waals surface area contributed by atoms with Crippen LogP contribution in [-0.2, 0) is 29.4 Å². The Bertz CT molecular complexity index is 1550. The van der Waals surface area contributed by atoms with Gasteiger partial charge < -0.3 is 23.0 Å². The summed E-state index contributed by atoms with van der Waals surface area (Å²) in [5.41, 5.74) is -0.288. The topological polar surface area (TPSA) is 95.3 Å². The molecule has 12 heteroatoms. The molecule has 1 amide bonds. The molecule has 0 fully saturated rings. The van der Waals surface area contributed by atoms with Gasteiger partial charge in [0.1, 0.15) is 33.5 Å². The number of carbonyl (C=O) groups is 1. The van der Waals surface area contributed by atoms with E-state index in [1.807, 2.05) is 0 Å². The van der Waals surface area contributed by atoms with Crippen molar-refractivity contribution < 1.29 is 44.5 Å². The van der Waals surface area contributed by atoms with Crippen LogP contribution in [0, 0.1) is 0 Å². The first-order valence-electron chi connectivity index (χ1n) is 11.7. The lowest BCUT2D eigenvalue weighted by Crippen LogP contribution is -2.30. The van der Waals surface area contributed by atoms with Crippen LogP contribution in [-0.4, -0.2) is 33.4 Å². The third-order valence-electron chi connectivity index (χ3n) is 5.81. The quantitative estimate of drug-likeness (QED) is 0.217. The van der Waals surface area contributed by atoms with Crippen molar-refractivity contribution in [1.82, 2.24) is 4.90 Å². The molecule has 0 atom stereocenters. The Balaban J connectivity index is 1.57. The molecule has 0 N–H and O–H groups in total. The fraction of sp³-hybridized carbons (Fsp3) is 0.179. The van der Waals surface area contributed by atoms with E-state index in [0.717, 1.165) is 18.2 Å². The second-order valence-electron chi connectivity index (χ2n) is 8.49. The number of carbonyl (C=O) groups excluding carboxylic acids is 1. The molecule has 0 aliphatic rings. The predicted octanol–water partition coefficient (Wildman–Crippen LogP) is 5.93. The maximum atomic E-state index is 13.7. The lowest BCUT2D eigenvalue weighted by Gasteiger charge is -2.24. The van der Waals surface area contributed by atoms with E-state index in [0.29, 0.717) is 28.9 Å². The van der Waals surface area contributed by atoms with Crippen molar-refractivity contribution in [2.45, 2.75) is 24.2 Å². The zero-order chi connectivity index (χ0) is 28.9. The van der Waals surface area contributed by atoms with Crippen molar-refractivity contribution in [3.8, 4) is 17.2 Å². The maximum Gasteiger partial charge on any atom is 0.416 e. The Morgan fingerprint density at radius 2 is 1.52 bits per heavy atom. The molecular weight excluding hydrogens is 551 g/mol. The summed E-state index contributed by atoms with van der Waals surface area (Å²) >= 11 is 0. The third-order valence-corrected chi connectivity index (χ3v) is 7.05. The minimum Gasteiger partial charge on any atom is -0.496 e. The second kappa shape index (κ2) is 11.7. The molecule has 0 saturated carbocycles. The van der Waals surface area contributed by atoms with Gasteiger partial charge in [0.05, 0.1) is 32.6 Å². The normalized spacial score (nSPS) is 11.6. The summed E-state index contributed by atoms with van der Waals surface area (Å²) in [4.78, 5) is 14.5. The van der Waals surface area contributed by atoms with E-state index in [9.17, 15) is 26.4 Å². The van der Waals surface area contributed by atoms with Gasteiger partial charge in [-0.15, -0.1) is 0 Å². The summed E-state index contributed by atoms with van der Waals surface area (Å²) < 4.78 is 85.5. The monoisotopic (exact) mass is 575 g/mol. The Hall–Kier alpha value is -4.45. The van der Waals surface area contributed by atoms with Crippen LogP contribution in [0.5, 0.6) is 17.2 Å². The Morgan fingerprint density at radius 1 is 0.875 bits per heavy atom. The molecule has 0 bridgehead atoms. The van der Waals surface area contributed by atoms with Crippen LogP contribution in [0.25, 0.3) is 0 Å². The maximum absolute atomic E-state index is 13.7. The predicted molar refractivity (Wildman–Crippen MR) is 138 cm³/mol. The van der Waals surface area contributed by atoms with Crippen molar-refractivity contribution in [3.05, 3.63) is 108 Å². The van der Waals surface area contributed by atoms with Crippen molar-refractivity contribution in [3.63, 3.8) is 0 Å². The summed E-state index contributed by atoms with van der Waals surface area (Å²) in [6.45, 7) is 0.191. The van der Waals surface area contributed by atoms with Crippen molar-refractivity contribution in [2.75, 3.05) is 14.2 Å². The summed E-state index contributed by atoms with van der Waals surface area (Å²) in [7, 11) is -1.66. The molecule has 4 aromatic rings. The van der Waals surface area contributed by atoms with Gasteiger partial charge in [0.15, 0.2) is 0 Å². The first-order valence-corrected chi connectivity index (χ1v) is 13.2. The van der Waals surface area contributed by atoms with E-state index in [1.165, 1.54) is 37.5 Å². The van der Waals surface area contributed by atoms with Crippen LogP contribution in [0.15, 0.2) is 94.4 Å². The number of rotatable bonds is 10. The van der Waals surface area contributed by atoms with Crippen molar-refractivity contribution in [1.29, 1.82) is 0 Å². The fourth-order valence-electron chi connectivity index (χ4n) is 3.88. The largest absolute Gasteiger partial charge is 0.496 e. The van der Waals surface area contributed by atoms with Crippen LogP contribution in [0.4, 0.5) is 13.2 Å². The molecule has 1 aromatic heterocycles. The number of alkyl halides is 3. The molecule has 0 radical (unpaired) electrons. The van der Waals surface area contributed by atoms with Gasteiger partial charge >= 0.3 is 16.3 Å². The van der Waals surface area contributed by atoms with E-state index in [2.05, 4.69) is 0 Å². The minimum absolute atomic E-state index is 0.0847. The number of hydrogen-bond donors (Lipinski definition) is 0. The average molecular weight is 576 g/mol. The Kier molecular flexibility index (Phi) is 8.38. The summed E-state index contributed by atoms with van der Waals surface area (Å²) in [5.74, 6) is 0.638. The number of hydrogen-bond acceptors (Lipinski definition) is 7. The Labute approximate surface area is 228 Å². The van der Waals surface area contributed by atoms with Crippen LogP contribution in [0.2, 0.25) is 0 Å². The van der Waals surface area contributed by atoms with Gasteiger partial charge in [-0.1, -0.05) is 24.3 Å². The highest BCUT2D eigenvalue weighted by molar-refractivity contribution is 7.87. The summed E-state index contributed by atoms with van der Waals surface area (Å²) in [5, 5.41) is 0. The van der Waals surface area contributed by atoms with Gasteiger partial charge in [0, 0.05) is 6.54 Å². The van der Waals surface area contributed by atoms with E-state index < -0.39 is 32.7 Å². The zero-order valence-corrected chi connectivity index (χ0v) is 22.2. The second-order valence-corrected chi connectivity index (χ2v) is 10.0. The highest BCUT2D eigenvalue weighted by atomic mass is 32.2. The van der Waals surface area contributed by atoms with Gasteiger partial charge in [0.25, 0.3) is 5.91 Å². The molecule has 40 heavy (non-hydrogen) atoms. The lowest BCUT2D eigenvalue weighted by atomic mass is 10.1. The number of methoxy groups -OCH3 is 2. The number of amides is 1. The van der Waals surface area contributed by atoms with Gasteiger partial charge in [-0.3, -0.25) is 4.79 Å². The first-order chi connectivity index (χ1) is 19.0. The number of furan rings is 1. The van der Waals surface area contributed by atoms with E-state index in [-0.39, 0.29) is 24.4 Å². The molecule has 210 valence electrons. The summed E-state index contributed by atoms with van der Waals surface area (Å²) in [6, 6.07) is 17.4. The molecule has 8 nitrogen and oxygen atoms in total. The van der Waals surface area contributed by atoms with E-state index in [4.69, 9.17) is 18.1 Å². The molecule has 0 aliphatic heterocycles. The lowest BCUT2D eigenvalue weighted by molar-refractivity contribution is -0.137. The van der Waals surface area contributed by atoms with Gasteiger partial charge in [-0.05, 0) is 60.2 Å². The summed E-state index contributed by atoms with van der Waals surface area (Å²) in [6.07, 6.45) is -3.22. The first kappa shape index (κ1) is 28.6. The SMILES string of the molecule is COc1cccc(OC)c1C(=O)N(Cc1ccc(OS(=O)(=O)c2cccc(C(F)(F)F)c2)cc1)Cc1ccco1. The van der Waals surface area contributed by atoms with Crippen molar-refractivity contribution >= 4 is 16.0 Å². The molecule has 0 aliphatic carbocycles. The number of nitrogens with zero attached hydrogens (tertiary/aromatic N) is 1. The van der Waals surface area contributed by atoms with E-state index >= 15 is 0 Å². The molecular formula is C28H24F3NO7S. The molecule has 3 aromatic carbocycles. The molecule has 0 spiro atoms. The highest BCUT2D eigenvalue weighted by Crippen LogP contribution is 2.32. The van der Waals surface area contributed by atoms with Crippen LogP contribution in [0.1, 0.15) is 27.2 Å². The standard InChI is InChI=1S/C28H24F3NO7S/c1-36-24-9-4-10-25(37-2)26(24)27(33)32(18-22-7-5-15-38-22)17-19-11-13-21(14-12-19)39-40(34,35)23-8-3-6-20(16-23)28(29,30)31/h3-16H,17-18H2,1-2H3. The van der Waals surface area contributed by atoms with Gasteiger partial charge in [-0.2, -0.15) is 21.6 Å².